The van der Waals surface area contributed by atoms with Crippen molar-refractivity contribution in [3.05, 3.63) is 12.2 Å². The first-order valence-corrected chi connectivity index (χ1v) is 6.23. The molecule has 0 atom stereocenters. The van der Waals surface area contributed by atoms with Crippen LogP contribution in [0, 0.1) is 0 Å². The minimum atomic E-state index is -1.17. The van der Waals surface area contributed by atoms with Crippen LogP contribution in [0.25, 0.3) is 0 Å². The number of rotatable bonds is 8. The average molecular weight is 246 g/mol. The van der Waals surface area contributed by atoms with Gasteiger partial charge in [0.25, 0.3) is 5.97 Å². The summed E-state index contributed by atoms with van der Waals surface area (Å²) in [6.45, 7) is 7.33. The van der Waals surface area contributed by atoms with Crippen molar-refractivity contribution in [2.24, 2.45) is 0 Å². The topological polar surface area (TPSA) is 61.8 Å². The molecular formula is C10H18O5Si. The van der Waals surface area contributed by atoms with Crippen LogP contribution in [0.15, 0.2) is 12.2 Å². The summed E-state index contributed by atoms with van der Waals surface area (Å²) < 4.78 is 14.7. The van der Waals surface area contributed by atoms with Crippen LogP contribution in [-0.2, 0) is 23.2 Å². The van der Waals surface area contributed by atoms with Gasteiger partial charge in [-0.05, 0) is 19.8 Å². The van der Waals surface area contributed by atoms with Gasteiger partial charge in [-0.2, -0.15) is 0 Å². The van der Waals surface area contributed by atoms with E-state index in [0.29, 0.717) is 18.8 Å². The number of hydrogen-bond donors (Lipinski definition) is 0. The van der Waals surface area contributed by atoms with Gasteiger partial charge < -0.3 is 13.6 Å². The van der Waals surface area contributed by atoms with E-state index in [2.05, 4.69) is 6.58 Å². The van der Waals surface area contributed by atoms with E-state index in [1.165, 1.54) is 6.92 Å². The van der Waals surface area contributed by atoms with Gasteiger partial charge in [0.2, 0.25) is 0 Å². The minimum absolute atomic E-state index is 0.304. The number of hydrogen-bond acceptors (Lipinski definition) is 5. The molecule has 0 aromatic rings. The maximum absolute atomic E-state index is 10.9. The minimum Gasteiger partial charge on any atom is -0.499 e. The van der Waals surface area contributed by atoms with Crippen molar-refractivity contribution in [1.82, 2.24) is 0 Å². The number of carbonyl (C=O) groups is 2. The Balaban J connectivity index is 3.19. The highest BCUT2D eigenvalue weighted by molar-refractivity contribution is 6.22. The van der Waals surface area contributed by atoms with E-state index >= 15 is 0 Å². The monoisotopic (exact) mass is 246 g/mol. The van der Waals surface area contributed by atoms with Crippen LogP contribution in [-0.4, -0.2) is 35.2 Å². The van der Waals surface area contributed by atoms with E-state index in [4.69, 9.17) is 13.6 Å². The van der Waals surface area contributed by atoms with Crippen molar-refractivity contribution in [2.75, 3.05) is 13.2 Å². The van der Waals surface area contributed by atoms with Crippen molar-refractivity contribution < 1.29 is 23.2 Å². The molecule has 0 spiro atoms. The Morgan fingerprint density at radius 2 is 1.81 bits per heavy atom. The Kier molecular flexibility index (Phi) is 8.46. The first kappa shape index (κ1) is 14.9. The van der Waals surface area contributed by atoms with E-state index < -0.39 is 10.0 Å². The number of unbranched alkanes of at least 4 members (excludes halogenated alkanes) is 1. The Morgan fingerprint density at radius 3 is 2.38 bits per heavy atom. The van der Waals surface area contributed by atoms with Gasteiger partial charge >= 0.3 is 16.0 Å². The summed E-state index contributed by atoms with van der Waals surface area (Å²) in [6.07, 6.45) is 1.51. The molecule has 5 nitrogen and oxygen atoms in total. The molecule has 0 heterocycles. The zero-order chi connectivity index (χ0) is 12.4. The first-order valence-electron chi connectivity index (χ1n) is 5.07. The summed E-state index contributed by atoms with van der Waals surface area (Å²) in [6, 6.07) is 0. The summed E-state index contributed by atoms with van der Waals surface area (Å²) in [5.41, 5.74) is 0.401. The van der Waals surface area contributed by atoms with Gasteiger partial charge in [-0.25, -0.2) is 4.79 Å². The maximum atomic E-state index is 10.9. The molecule has 6 heteroatoms. The molecule has 0 saturated heterocycles. The van der Waals surface area contributed by atoms with Crippen molar-refractivity contribution in [3.63, 3.8) is 0 Å². The third-order valence-electron chi connectivity index (χ3n) is 1.61. The van der Waals surface area contributed by atoms with Crippen LogP contribution in [0.3, 0.4) is 0 Å². The smallest absolute Gasteiger partial charge is 0.369 e. The second-order valence-corrected chi connectivity index (χ2v) is 4.22. The zero-order valence-corrected chi connectivity index (χ0v) is 11.2. The largest absolute Gasteiger partial charge is 0.499 e. The van der Waals surface area contributed by atoms with Gasteiger partial charge in [-0.3, -0.25) is 4.79 Å². The fourth-order valence-electron chi connectivity index (χ4n) is 0.778. The summed E-state index contributed by atoms with van der Waals surface area (Å²) in [5, 5.41) is 0. The molecule has 0 aliphatic rings. The van der Waals surface area contributed by atoms with Gasteiger partial charge in [-0.1, -0.05) is 6.58 Å². The number of carbonyl (C=O) groups excluding carboxylic acids is 2. The van der Waals surface area contributed by atoms with Crippen LogP contribution in [0.1, 0.15) is 26.7 Å². The van der Waals surface area contributed by atoms with Gasteiger partial charge in [0.05, 0.1) is 6.61 Å². The highest BCUT2D eigenvalue weighted by atomic mass is 28.3. The molecule has 0 saturated carbocycles. The summed E-state index contributed by atoms with van der Waals surface area (Å²) >= 11 is 0. The molecule has 0 unspecified atom stereocenters. The standard InChI is InChI=1S/C10H18O5Si/c1-8(2)10(12)13-6-4-5-7-14-16-15-9(3)11/h1,4-7,16H2,2-3H3. The fourth-order valence-corrected chi connectivity index (χ4v) is 1.35. The van der Waals surface area contributed by atoms with E-state index in [0.717, 1.165) is 12.8 Å². The van der Waals surface area contributed by atoms with E-state index in [1.807, 2.05) is 0 Å². The zero-order valence-electron chi connectivity index (χ0n) is 9.78. The summed E-state index contributed by atoms with van der Waals surface area (Å²) in [7, 11) is -1.17. The van der Waals surface area contributed by atoms with Gasteiger partial charge in [-0.15, -0.1) is 0 Å². The Bertz CT molecular complexity index is 252. The molecule has 0 aromatic heterocycles. The molecule has 0 fully saturated rings. The molecule has 16 heavy (non-hydrogen) atoms. The van der Waals surface area contributed by atoms with Crippen molar-refractivity contribution >= 4 is 21.9 Å². The molecule has 0 radical (unpaired) electrons. The maximum Gasteiger partial charge on any atom is 0.369 e. The molecule has 0 aromatic carbocycles. The lowest BCUT2D eigenvalue weighted by atomic mass is 10.3. The molecule has 0 bridgehead atoms. The van der Waals surface area contributed by atoms with Crippen LogP contribution in [0.2, 0.25) is 0 Å². The lowest BCUT2D eigenvalue weighted by molar-refractivity contribution is -0.139. The average Bonchev–Trinajstić information content (AvgIpc) is 2.21. The third kappa shape index (κ3) is 9.41. The molecule has 0 aliphatic carbocycles. The lowest BCUT2D eigenvalue weighted by Gasteiger charge is -2.05. The Hall–Kier alpha value is -1.14. The summed E-state index contributed by atoms with van der Waals surface area (Å²) in [5.74, 6) is -0.669. The van der Waals surface area contributed by atoms with Crippen LogP contribution in [0.4, 0.5) is 0 Å². The van der Waals surface area contributed by atoms with E-state index in [-0.39, 0.29) is 11.9 Å². The highest BCUT2D eigenvalue weighted by Crippen LogP contribution is 1.96. The SMILES string of the molecule is C=C(C)C(=O)OCCCCO[SiH2]OC(C)=O. The highest BCUT2D eigenvalue weighted by Gasteiger charge is 2.01. The molecule has 0 amide bonds. The molecule has 0 N–H and O–H groups in total. The number of ether oxygens (including phenoxy) is 1. The first-order chi connectivity index (χ1) is 7.54. The quantitative estimate of drug-likeness (QED) is 0.269. The normalized spacial score (nSPS) is 10.4. The summed E-state index contributed by atoms with van der Waals surface area (Å²) in [4.78, 5) is 21.3. The number of esters is 1. The van der Waals surface area contributed by atoms with Crippen LogP contribution < -0.4 is 0 Å². The molecule has 92 valence electrons. The Labute approximate surface area is 97.8 Å². The predicted molar refractivity (Wildman–Crippen MR) is 61.3 cm³/mol. The van der Waals surface area contributed by atoms with Crippen molar-refractivity contribution in [2.45, 2.75) is 26.7 Å². The van der Waals surface area contributed by atoms with Crippen LogP contribution in [0.5, 0.6) is 0 Å². The van der Waals surface area contributed by atoms with E-state index in [9.17, 15) is 9.59 Å². The molecule has 0 rings (SSSR count). The van der Waals surface area contributed by atoms with Gasteiger partial charge in [0, 0.05) is 19.1 Å². The van der Waals surface area contributed by atoms with Crippen molar-refractivity contribution in [3.8, 4) is 0 Å². The third-order valence-corrected chi connectivity index (χ3v) is 2.59. The molecule has 0 aliphatic heterocycles. The second-order valence-electron chi connectivity index (χ2n) is 3.29. The predicted octanol–water partition coefficient (Wildman–Crippen LogP) is 0.464. The molecular weight excluding hydrogens is 228 g/mol. The van der Waals surface area contributed by atoms with Crippen molar-refractivity contribution in [1.29, 1.82) is 0 Å². The second kappa shape index (κ2) is 9.11. The van der Waals surface area contributed by atoms with Gasteiger partial charge in [0.1, 0.15) is 0 Å². The Morgan fingerprint density at radius 1 is 1.19 bits per heavy atom. The van der Waals surface area contributed by atoms with Gasteiger partial charge in [0.15, 0.2) is 0 Å². The van der Waals surface area contributed by atoms with E-state index in [1.54, 1.807) is 6.92 Å². The lowest BCUT2D eigenvalue weighted by Crippen LogP contribution is -2.10. The fraction of sp³-hybridized carbons (Fsp3) is 0.600. The van der Waals surface area contributed by atoms with Crippen LogP contribution >= 0.6 is 0 Å².